The summed E-state index contributed by atoms with van der Waals surface area (Å²) in [6.07, 6.45) is 4.34. The van der Waals surface area contributed by atoms with E-state index in [-0.39, 0.29) is 0 Å². The monoisotopic (exact) mass is 338 g/mol. The van der Waals surface area contributed by atoms with Gasteiger partial charge in [0.25, 0.3) is 0 Å². The average Bonchev–Trinajstić information content (AvgIpc) is 2.97. The standard InChI is InChI=1S/C18H34N4O2/c1-5-7-12-23-14-15-24-13-10-20-18(19-6-2)22(4)16-17-9-8-11-21(17)3/h8-9,11H,5-7,10,12-16H2,1-4H3,(H,19,20). The van der Waals surface area contributed by atoms with Gasteiger partial charge >= 0.3 is 0 Å². The highest BCUT2D eigenvalue weighted by Crippen LogP contribution is 2.03. The molecular formula is C18H34N4O2. The Morgan fingerprint density at radius 2 is 1.96 bits per heavy atom. The van der Waals surface area contributed by atoms with Crippen molar-refractivity contribution in [1.82, 2.24) is 14.8 Å². The van der Waals surface area contributed by atoms with E-state index in [2.05, 4.69) is 66.0 Å². The maximum Gasteiger partial charge on any atom is 0.194 e. The Morgan fingerprint density at radius 1 is 1.21 bits per heavy atom. The highest BCUT2D eigenvalue weighted by Gasteiger charge is 2.07. The summed E-state index contributed by atoms with van der Waals surface area (Å²) in [6.45, 7) is 9.30. The quantitative estimate of drug-likeness (QED) is 0.361. The molecule has 0 aliphatic rings. The first-order valence-corrected chi connectivity index (χ1v) is 8.94. The Hall–Kier alpha value is -1.53. The van der Waals surface area contributed by atoms with Crippen LogP contribution in [-0.4, -0.2) is 62.0 Å². The number of nitrogens with zero attached hydrogens (tertiary/aromatic N) is 3. The minimum Gasteiger partial charge on any atom is -0.379 e. The molecule has 6 heteroatoms. The van der Waals surface area contributed by atoms with E-state index in [4.69, 9.17) is 9.47 Å². The number of hydrogen-bond acceptors (Lipinski definition) is 3. The molecule has 6 nitrogen and oxygen atoms in total. The van der Waals surface area contributed by atoms with Crippen molar-refractivity contribution in [2.45, 2.75) is 33.2 Å². The molecule has 1 N–H and O–H groups in total. The molecule has 0 spiro atoms. The summed E-state index contributed by atoms with van der Waals surface area (Å²) in [7, 11) is 4.11. The molecule has 0 bridgehead atoms. The van der Waals surface area contributed by atoms with Crippen LogP contribution in [0.15, 0.2) is 23.3 Å². The maximum atomic E-state index is 5.56. The van der Waals surface area contributed by atoms with Gasteiger partial charge in [0.15, 0.2) is 5.96 Å². The van der Waals surface area contributed by atoms with E-state index in [0.717, 1.165) is 32.1 Å². The molecule has 0 saturated heterocycles. The van der Waals surface area contributed by atoms with E-state index in [1.807, 2.05) is 0 Å². The predicted octanol–water partition coefficient (Wildman–Crippen LogP) is 2.26. The largest absolute Gasteiger partial charge is 0.379 e. The lowest BCUT2D eigenvalue weighted by molar-refractivity contribution is 0.0497. The van der Waals surface area contributed by atoms with Crippen molar-refractivity contribution >= 4 is 5.96 Å². The zero-order valence-electron chi connectivity index (χ0n) is 15.8. The van der Waals surface area contributed by atoms with Gasteiger partial charge in [0, 0.05) is 39.1 Å². The van der Waals surface area contributed by atoms with Gasteiger partial charge < -0.3 is 24.3 Å². The second kappa shape index (κ2) is 12.8. The lowest BCUT2D eigenvalue weighted by Gasteiger charge is -2.22. The van der Waals surface area contributed by atoms with E-state index in [9.17, 15) is 0 Å². The first kappa shape index (κ1) is 20.5. The van der Waals surface area contributed by atoms with E-state index < -0.39 is 0 Å². The number of aryl methyl sites for hydroxylation is 1. The van der Waals surface area contributed by atoms with Gasteiger partial charge in [-0.25, -0.2) is 0 Å². The summed E-state index contributed by atoms with van der Waals surface area (Å²) >= 11 is 0. The fraction of sp³-hybridized carbons (Fsp3) is 0.722. The molecule has 0 amide bonds. The predicted molar refractivity (Wildman–Crippen MR) is 99.4 cm³/mol. The molecule has 0 aromatic carbocycles. The third-order valence-corrected chi connectivity index (χ3v) is 3.66. The van der Waals surface area contributed by atoms with Crippen molar-refractivity contribution in [3.05, 3.63) is 24.0 Å². The van der Waals surface area contributed by atoms with Gasteiger partial charge in [-0.05, 0) is 25.5 Å². The Kier molecular flexibility index (Phi) is 11.0. The van der Waals surface area contributed by atoms with Crippen molar-refractivity contribution in [3.63, 3.8) is 0 Å². The number of ether oxygens (including phenoxy) is 2. The molecule has 1 rings (SSSR count). The highest BCUT2D eigenvalue weighted by atomic mass is 16.5. The Balaban J connectivity index is 2.27. The molecule has 0 atom stereocenters. The number of aromatic nitrogens is 1. The van der Waals surface area contributed by atoms with Gasteiger partial charge in [-0.3, -0.25) is 4.99 Å². The summed E-state index contributed by atoms with van der Waals surface area (Å²) in [6, 6.07) is 4.19. The van der Waals surface area contributed by atoms with Crippen LogP contribution in [0.5, 0.6) is 0 Å². The van der Waals surface area contributed by atoms with Crippen LogP contribution < -0.4 is 5.32 Å². The van der Waals surface area contributed by atoms with Gasteiger partial charge in [-0.2, -0.15) is 0 Å². The van der Waals surface area contributed by atoms with Crippen LogP contribution >= 0.6 is 0 Å². The molecule has 0 unspecified atom stereocenters. The lowest BCUT2D eigenvalue weighted by Crippen LogP contribution is -2.39. The molecular weight excluding hydrogens is 304 g/mol. The smallest absolute Gasteiger partial charge is 0.194 e. The normalized spacial score (nSPS) is 11.8. The zero-order valence-corrected chi connectivity index (χ0v) is 15.8. The van der Waals surface area contributed by atoms with Crippen LogP contribution in [0.2, 0.25) is 0 Å². The van der Waals surface area contributed by atoms with Crippen LogP contribution in [0, 0.1) is 0 Å². The highest BCUT2D eigenvalue weighted by molar-refractivity contribution is 5.79. The molecule has 138 valence electrons. The second-order valence-corrected chi connectivity index (χ2v) is 5.78. The second-order valence-electron chi connectivity index (χ2n) is 5.78. The first-order valence-electron chi connectivity index (χ1n) is 8.94. The Bertz CT molecular complexity index is 460. The number of unbranched alkanes of at least 4 members (excludes halogenated alkanes) is 1. The number of aliphatic imine (C=N–C) groups is 1. The van der Waals surface area contributed by atoms with Crippen LogP contribution in [0.1, 0.15) is 32.4 Å². The summed E-state index contributed by atoms with van der Waals surface area (Å²) in [4.78, 5) is 6.76. The Morgan fingerprint density at radius 3 is 2.58 bits per heavy atom. The van der Waals surface area contributed by atoms with Crippen LogP contribution in [0.25, 0.3) is 0 Å². The molecule has 0 aliphatic carbocycles. The third-order valence-electron chi connectivity index (χ3n) is 3.66. The van der Waals surface area contributed by atoms with Crippen molar-refractivity contribution < 1.29 is 9.47 Å². The van der Waals surface area contributed by atoms with E-state index in [1.54, 1.807) is 0 Å². The summed E-state index contributed by atoms with van der Waals surface area (Å²) in [5, 5.41) is 3.33. The summed E-state index contributed by atoms with van der Waals surface area (Å²) < 4.78 is 13.2. The lowest BCUT2D eigenvalue weighted by atomic mass is 10.4. The van der Waals surface area contributed by atoms with Crippen LogP contribution in [-0.2, 0) is 23.1 Å². The number of guanidine groups is 1. The third kappa shape index (κ3) is 8.36. The Labute approximate surface area is 146 Å². The minimum absolute atomic E-state index is 0.615. The first-order chi connectivity index (χ1) is 11.7. The molecule has 24 heavy (non-hydrogen) atoms. The van der Waals surface area contributed by atoms with Gasteiger partial charge in [0.05, 0.1) is 32.9 Å². The van der Waals surface area contributed by atoms with Gasteiger partial charge in [-0.15, -0.1) is 0 Å². The van der Waals surface area contributed by atoms with Gasteiger partial charge in [-0.1, -0.05) is 13.3 Å². The van der Waals surface area contributed by atoms with Crippen molar-refractivity contribution in [2.75, 3.05) is 46.6 Å². The number of hydrogen-bond donors (Lipinski definition) is 1. The zero-order chi connectivity index (χ0) is 17.6. The summed E-state index contributed by atoms with van der Waals surface area (Å²) in [5.41, 5.74) is 1.25. The molecule has 0 radical (unpaired) electrons. The maximum absolute atomic E-state index is 5.56. The topological polar surface area (TPSA) is 51.0 Å². The van der Waals surface area contributed by atoms with Crippen LogP contribution in [0.3, 0.4) is 0 Å². The van der Waals surface area contributed by atoms with Crippen LogP contribution in [0.4, 0.5) is 0 Å². The van der Waals surface area contributed by atoms with Crippen molar-refractivity contribution in [2.24, 2.45) is 12.0 Å². The molecule has 0 saturated carbocycles. The van der Waals surface area contributed by atoms with Gasteiger partial charge in [0.2, 0.25) is 0 Å². The van der Waals surface area contributed by atoms with Gasteiger partial charge in [0.1, 0.15) is 0 Å². The van der Waals surface area contributed by atoms with E-state index in [0.29, 0.717) is 26.4 Å². The van der Waals surface area contributed by atoms with E-state index >= 15 is 0 Å². The number of nitrogens with one attached hydrogen (secondary N) is 1. The van der Waals surface area contributed by atoms with Crippen molar-refractivity contribution in [3.8, 4) is 0 Å². The van der Waals surface area contributed by atoms with E-state index in [1.165, 1.54) is 12.1 Å². The number of rotatable bonds is 12. The fourth-order valence-corrected chi connectivity index (χ4v) is 2.23. The fourth-order valence-electron chi connectivity index (χ4n) is 2.23. The van der Waals surface area contributed by atoms with Crippen molar-refractivity contribution in [1.29, 1.82) is 0 Å². The molecule has 1 heterocycles. The molecule has 1 aromatic rings. The summed E-state index contributed by atoms with van der Waals surface area (Å²) in [5.74, 6) is 0.904. The molecule has 0 aliphatic heterocycles. The molecule has 1 aromatic heterocycles. The molecule has 0 fully saturated rings. The SMILES string of the molecule is CCCCOCCOCCN=C(NCC)N(C)Cc1cccn1C. The average molecular weight is 338 g/mol. The minimum atomic E-state index is 0.615.